The Hall–Kier alpha value is -2.27. The SMILES string of the molecule is COCC/C(N)=C(\C)c1c(O)c2ccccc2oc1=O. The molecular formula is C15H17NO4. The van der Waals surface area contributed by atoms with Gasteiger partial charge in [-0.3, -0.25) is 0 Å². The molecule has 0 bridgehead atoms. The van der Waals surface area contributed by atoms with Crippen LogP contribution in [0.5, 0.6) is 5.75 Å². The Morgan fingerprint density at radius 1 is 1.40 bits per heavy atom. The van der Waals surface area contributed by atoms with Gasteiger partial charge in [0.25, 0.3) is 0 Å². The summed E-state index contributed by atoms with van der Waals surface area (Å²) in [6.07, 6.45) is 0.480. The van der Waals surface area contributed by atoms with Gasteiger partial charge in [-0.15, -0.1) is 0 Å². The van der Waals surface area contributed by atoms with Gasteiger partial charge in [-0.2, -0.15) is 0 Å². The minimum absolute atomic E-state index is 0.102. The van der Waals surface area contributed by atoms with Gasteiger partial charge in [-0.1, -0.05) is 12.1 Å². The lowest BCUT2D eigenvalue weighted by Gasteiger charge is -2.10. The highest BCUT2D eigenvalue weighted by Gasteiger charge is 2.16. The molecule has 1 heterocycles. The van der Waals surface area contributed by atoms with Crippen LogP contribution in [-0.4, -0.2) is 18.8 Å². The van der Waals surface area contributed by atoms with Gasteiger partial charge in [0.1, 0.15) is 16.9 Å². The first-order valence-electron chi connectivity index (χ1n) is 6.25. The Kier molecular flexibility index (Phi) is 4.10. The van der Waals surface area contributed by atoms with Crippen LogP contribution in [0.2, 0.25) is 0 Å². The van der Waals surface area contributed by atoms with Crippen molar-refractivity contribution >= 4 is 16.5 Å². The Morgan fingerprint density at radius 3 is 2.80 bits per heavy atom. The van der Waals surface area contributed by atoms with Crippen LogP contribution in [0.15, 0.2) is 39.2 Å². The van der Waals surface area contributed by atoms with E-state index in [0.29, 0.717) is 35.3 Å². The van der Waals surface area contributed by atoms with E-state index in [4.69, 9.17) is 14.9 Å². The number of methoxy groups -OCH3 is 1. The zero-order valence-electron chi connectivity index (χ0n) is 11.5. The number of ether oxygens (including phenoxy) is 1. The zero-order chi connectivity index (χ0) is 14.7. The smallest absolute Gasteiger partial charge is 0.347 e. The fourth-order valence-corrected chi connectivity index (χ4v) is 2.02. The van der Waals surface area contributed by atoms with Gasteiger partial charge in [-0.05, 0) is 24.6 Å². The summed E-state index contributed by atoms with van der Waals surface area (Å²) in [5.41, 5.74) is 6.79. The maximum atomic E-state index is 12.0. The fraction of sp³-hybridized carbons (Fsp3) is 0.267. The maximum Gasteiger partial charge on any atom is 0.347 e. The lowest BCUT2D eigenvalue weighted by molar-refractivity contribution is 0.202. The van der Waals surface area contributed by atoms with E-state index in [1.807, 2.05) is 0 Å². The number of nitrogens with two attached hydrogens (primary N) is 1. The first-order chi connectivity index (χ1) is 9.56. The third-order valence-electron chi connectivity index (χ3n) is 3.22. The number of rotatable bonds is 4. The summed E-state index contributed by atoms with van der Waals surface area (Å²) in [6.45, 7) is 2.13. The number of allylic oxidation sites excluding steroid dienone is 1. The van der Waals surface area contributed by atoms with Crippen LogP contribution in [0.3, 0.4) is 0 Å². The van der Waals surface area contributed by atoms with E-state index in [2.05, 4.69) is 0 Å². The molecule has 0 aliphatic rings. The van der Waals surface area contributed by atoms with Gasteiger partial charge in [0, 0.05) is 19.2 Å². The molecule has 0 fully saturated rings. The normalized spacial score (nSPS) is 12.5. The van der Waals surface area contributed by atoms with Crippen molar-refractivity contribution in [1.82, 2.24) is 0 Å². The van der Waals surface area contributed by atoms with E-state index in [1.165, 1.54) is 0 Å². The summed E-state index contributed by atoms with van der Waals surface area (Å²) < 4.78 is 10.2. The van der Waals surface area contributed by atoms with Gasteiger partial charge in [0.05, 0.1) is 12.0 Å². The van der Waals surface area contributed by atoms with Crippen molar-refractivity contribution in [2.45, 2.75) is 13.3 Å². The molecule has 1 aromatic carbocycles. The molecule has 0 radical (unpaired) electrons. The van der Waals surface area contributed by atoms with Crippen molar-refractivity contribution in [2.24, 2.45) is 5.73 Å². The minimum atomic E-state index is -0.598. The summed E-state index contributed by atoms with van der Waals surface area (Å²) >= 11 is 0. The first kappa shape index (κ1) is 14.1. The Labute approximate surface area is 116 Å². The summed E-state index contributed by atoms with van der Waals surface area (Å²) in [4.78, 5) is 12.0. The van der Waals surface area contributed by atoms with E-state index in [9.17, 15) is 9.90 Å². The molecule has 0 spiro atoms. The van der Waals surface area contributed by atoms with Crippen LogP contribution in [0, 0.1) is 0 Å². The van der Waals surface area contributed by atoms with Crippen molar-refractivity contribution < 1.29 is 14.3 Å². The van der Waals surface area contributed by atoms with Crippen molar-refractivity contribution in [3.8, 4) is 5.75 Å². The molecule has 0 amide bonds. The monoisotopic (exact) mass is 275 g/mol. The lowest BCUT2D eigenvalue weighted by Crippen LogP contribution is -2.11. The number of fused-ring (bicyclic) bond motifs is 1. The highest BCUT2D eigenvalue weighted by atomic mass is 16.5. The van der Waals surface area contributed by atoms with Crippen molar-refractivity contribution in [2.75, 3.05) is 13.7 Å². The highest BCUT2D eigenvalue weighted by Crippen LogP contribution is 2.31. The molecule has 0 saturated carbocycles. The zero-order valence-corrected chi connectivity index (χ0v) is 11.5. The molecule has 0 unspecified atom stereocenters. The van der Waals surface area contributed by atoms with E-state index >= 15 is 0 Å². The summed E-state index contributed by atoms with van der Waals surface area (Å²) in [7, 11) is 1.57. The number of para-hydroxylation sites is 1. The summed E-state index contributed by atoms with van der Waals surface area (Å²) in [5.74, 6) is -0.102. The Morgan fingerprint density at radius 2 is 2.10 bits per heavy atom. The molecule has 2 rings (SSSR count). The molecule has 0 saturated heterocycles. The first-order valence-corrected chi connectivity index (χ1v) is 6.25. The topological polar surface area (TPSA) is 85.7 Å². The summed E-state index contributed by atoms with van der Waals surface area (Å²) in [5, 5.41) is 10.8. The molecule has 20 heavy (non-hydrogen) atoms. The van der Waals surface area contributed by atoms with Crippen LogP contribution < -0.4 is 11.4 Å². The second kappa shape index (κ2) is 5.79. The van der Waals surface area contributed by atoms with Gasteiger partial charge in [-0.25, -0.2) is 4.79 Å². The molecule has 5 nitrogen and oxygen atoms in total. The molecule has 0 atom stereocenters. The van der Waals surface area contributed by atoms with Crippen LogP contribution in [0.1, 0.15) is 18.9 Å². The molecule has 0 aliphatic heterocycles. The van der Waals surface area contributed by atoms with E-state index in [1.54, 1.807) is 38.3 Å². The number of aromatic hydroxyl groups is 1. The highest BCUT2D eigenvalue weighted by molar-refractivity contribution is 5.88. The predicted molar refractivity (Wildman–Crippen MR) is 77.4 cm³/mol. The van der Waals surface area contributed by atoms with Gasteiger partial charge in [0.2, 0.25) is 0 Å². The third-order valence-corrected chi connectivity index (χ3v) is 3.22. The minimum Gasteiger partial charge on any atom is -0.506 e. The van der Waals surface area contributed by atoms with E-state index in [-0.39, 0.29) is 11.3 Å². The average molecular weight is 275 g/mol. The largest absolute Gasteiger partial charge is 0.506 e. The second-order valence-electron chi connectivity index (χ2n) is 4.50. The average Bonchev–Trinajstić information content (AvgIpc) is 2.44. The Bertz CT molecular complexity index is 715. The van der Waals surface area contributed by atoms with Crippen molar-refractivity contribution in [1.29, 1.82) is 0 Å². The van der Waals surface area contributed by atoms with Gasteiger partial charge in [0.15, 0.2) is 0 Å². The number of hydrogen-bond donors (Lipinski definition) is 2. The van der Waals surface area contributed by atoms with E-state index < -0.39 is 5.63 Å². The fourth-order valence-electron chi connectivity index (χ4n) is 2.02. The molecule has 2 aromatic rings. The molecule has 1 aromatic heterocycles. The molecule has 3 N–H and O–H groups in total. The molecular weight excluding hydrogens is 258 g/mol. The van der Waals surface area contributed by atoms with Crippen molar-refractivity contribution in [3.63, 3.8) is 0 Å². The van der Waals surface area contributed by atoms with Crippen LogP contribution >= 0.6 is 0 Å². The molecule has 5 heteroatoms. The predicted octanol–water partition coefficient (Wildman–Crippen LogP) is 2.22. The number of hydrogen-bond acceptors (Lipinski definition) is 5. The standard InChI is InChI=1S/C15H17NO4/c1-9(11(16)7-8-19-2)13-14(17)10-5-3-4-6-12(10)20-15(13)18/h3-6,17H,7-8,16H2,1-2H3/b11-9-. The lowest BCUT2D eigenvalue weighted by atomic mass is 10.0. The quantitative estimate of drug-likeness (QED) is 0.836. The third kappa shape index (κ3) is 2.53. The molecule has 0 aliphatic carbocycles. The maximum absolute atomic E-state index is 12.0. The van der Waals surface area contributed by atoms with Crippen LogP contribution in [0.25, 0.3) is 16.5 Å². The van der Waals surface area contributed by atoms with Crippen LogP contribution in [0.4, 0.5) is 0 Å². The van der Waals surface area contributed by atoms with Gasteiger partial charge < -0.3 is 20.0 Å². The number of benzene rings is 1. The van der Waals surface area contributed by atoms with Gasteiger partial charge >= 0.3 is 5.63 Å². The second-order valence-corrected chi connectivity index (χ2v) is 4.50. The Balaban J connectivity index is 2.63. The van der Waals surface area contributed by atoms with E-state index in [0.717, 1.165) is 0 Å². The molecule has 106 valence electrons. The van der Waals surface area contributed by atoms with Crippen LogP contribution in [-0.2, 0) is 4.74 Å². The summed E-state index contributed by atoms with van der Waals surface area (Å²) in [6, 6.07) is 6.82. The van der Waals surface area contributed by atoms with Crippen molar-refractivity contribution in [3.05, 3.63) is 45.9 Å².